The summed E-state index contributed by atoms with van der Waals surface area (Å²) in [5.41, 5.74) is 0. The van der Waals surface area contributed by atoms with E-state index in [1.807, 2.05) is 0 Å². The maximum atomic E-state index is 12.3. The number of hydrogen-bond donors (Lipinski definition) is 1. The molecule has 0 aliphatic heterocycles. The highest BCUT2D eigenvalue weighted by atomic mass is 16.6. The minimum absolute atomic E-state index is 0.0717. The first-order chi connectivity index (χ1) is 30.1. The number of carbonyl (C=O) groups excluding carboxylic acids is 2. The van der Waals surface area contributed by atoms with Crippen LogP contribution < -0.4 is 0 Å². The van der Waals surface area contributed by atoms with Crippen molar-refractivity contribution in [2.75, 3.05) is 13.2 Å². The quantitative estimate of drug-likeness (QED) is 0.0375. The molecule has 1 atom stereocenters. The topological polar surface area (TPSA) is 72.8 Å². The third-order valence-electron chi connectivity index (χ3n) is 10.9. The molecule has 1 unspecified atom stereocenters. The lowest BCUT2D eigenvalue weighted by Gasteiger charge is -2.15. The van der Waals surface area contributed by atoms with Crippen LogP contribution in [0.1, 0.15) is 239 Å². The molecule has 61 heavy (non-hydrogen) atoms. The van der Waals surface area contributed by atoms with Gasteiger partial charge in [-0.2, -0.15) is 0 Å². The minimum Gasteiger partial charge on any atom is -0.462 e. The summed E-state index contributed by atoms with van der Waals surface area (Å²) >= 11 is 0. The number of rotatable bonds is 46. The van der Waals surface area contributed by atoms with E-state index in [2.05, 4.69) is 98.9 Å². The van der Waals surface area contributed by atoms with E-state index in [1.165, 1.54) is 128 Å². The molecule has 0 bridgehead atoms. The fraction of sp³-hybridized carbons (Fsp3) is 0.714. The van der Waals surface area contributed by atoms with Gasteiger partial charge in [-0.15, -0.1) is 0 Å². The molecule has 0 radical (unpaired) electrons. The number of aliphatic hydroxyl groups is 1. The van der Waals surface area contributed by atoms with Crippen molar-refractivity contribution < 1.29 is 24.2 Å². The van der Waals surface area contributed by atoms with Crippen LogP contribution >= 0.6 is 0 Å². The highest BCUT2D eigenvalue weighted by Crippen LogP contribution is 2.15. The first-order valence-electron chi connectivity index (χ1n) is 25.6. The van der Waals surface area contributed by atoms with E-state index in [9.17, 15) is 14.7 Å². The van der Waals surface area contributed by atoms with Gasteiger partial charge in [-0.3, -0.25) is 9.59 Å². The summed E-state index contributed by atoms with van der Waals surface area (Å²) in [6.07, 6.45) is 71.1. The van der Waals surface area contributed by atoms with Gasteiger partial charge in [0.25, 0.3) is 0 Å². The largest absolute Gasteiger partial charge is 0.462 e. The Morgan fingerprint density at radius 3 is 1.08 bits per heavy atom. The zero-order chi connectivity index (χ0) is 44.2. The number of aliphatic hydroxyl groups excluding tert-OH is 1. The van der Waals surface area contributed by atoms with Crippen molar-refractivity contribution >= 4 is 11.9 Å². The predicted molar refractivity (Wildman–Crippen MR) is 265 cm³/mol. The minimum atomic E-state index is -0.778. The maximum Gasteiger partial charge on any atom is 0.306 e. The number of unbranched alkanes of at least 4 members (excludes halogenated alkanes) is 24. The second-order valence-electron chi connectivity index (χ2n) is 16.9. The fourth-order valence-corrected chi connectivity index (χ4v) is 7.08. The molecule has 0 spiro atoms. The van der Waals surface area contributed by atoms with Gasteiger partial charge in [0.2, 0.25) is 0 Å². The van der Waals surface area contributed by atoms with Crippen molar-refractivity contribution in [3.63, 3.8) is 0 Å². The number of allylic oxidation sites excluding steroid dienone is 14. The summed E-state index contributed by atoms with van der Waals surface area (Å²) in [7, 11) is 0. The Balaban J connectivity index is 3.51. The average molecular weight is 849 g/mol. The third-order valence-corrected chi connectivity index (χ3v) is 10.9. The summed E-state index contributed by atoms with van der Waals surface area (Å²) in [5, 5.41) is 9.61. The average Bonchev–Trinajstić information content (AvgIpc) is 3.26. The van der Waals surface area contributed by atoms with Crippen molar-refractivity contribution in [3.8, 4) is 0 Å². The summed E-state index contributed by atoms with van der Waals surface area (Å²) in [4.78, 5) is 24.4. The first-order valence-corrected chi connectivity index (χ1v) is 25.6. The van der Waals surface area contributed by atoms with Gasteiger partial charge < -0.3 is 14.6 Å². The Labute approximate surface area is 377 Å². The molecular weight excluding hydrogens is 753 g/mol. The van der Waals surface area contributed by atoms with E-state index < -0.39 is 6.10 Å². The van der Waals surface area contributed by atoms with Crippen molar-refractivity contribution in [1.82, 2.24) is 0 Å². The van der Waals surface area contributed by atoms with Crippen LogP contribution in [-0.4, -0.2) is 36.4 Å². The van der Waals surface area contributed by atoms with Crippen LogP contribution in [0.25, 0.3) is 0 Å². The molecule has 0 aromatic rings. The predicted octanol–water partition coefficient (Wildman–Crippen LogP) is 17.0. The molecule has 0 rings (SSSR count). The monoisotopic (exact) mass is 849 g/mol. The lowest BCUT2D eigenvalue weighted by atomic mass is 10.0. The van der Waals surface area contributed by atoms with E-state index in [4.69, 9.17) is 9.47 Å². The fourth-order valence-electron chi connectivity index (χ4n) is 7.08. The molecule has 5 heteroatoms. The van der Waals surface area contributed by atoms with Gasteiger partial charge in [-0.05, 0) is 89.9 Å². The molecule has 0 aliphatic rings. The molecule has 0 amide bonds. The molecule has 0 aliphatic carbocycles. The molecule has 0 heterocycles. The van der Waals surface area contributed by atoms with E-state index in [0.717, 1.165) is 83.5 Å². The molecule has 0 saturated carbocycles. The van der Waals surface area contributed by atoms with Crippen LogP contribution in [0.3, 0.4) is 0 Å². The summed E-state index contributed by atoms with van der Waals surface area (Å²) in [6.45, 7) is 4.01. The van der Waals surface area contributed by atoms with E-state index in [1.54, 1.807) is 0 Å². The number of esters is 2. The van der Waals surface area contributed by atoms with Crippen molar-refractivity contribution in [2.45, 2.75) is 245 Å². The van der Waals surface area contributed by atoms with Gasteiger partial charge in [0, 0.05) is 12.8 Å². The molecular formula is C56H96O5. The Kier molecular flexibility index (Phi) is 49.0. The molecule has 350 valence electrons. The Morgan fingerprint density at radius 1 is 0.393 bits per heavy atom. The van der Waals surface area contributed by atoms with E-state index >= 15 is 0 Å². The number of carbonyl (C=O) groups is 2. The Bertz CT molecular complexity index is 1140. The van der Waals surface area contributed by atoms with Gasteiger partial charge in [0.15, 0.2) is 6.10 Å². The number of hydrogen-bond acceptors (Lipinski definition) is 5. The highest BCUT2D eigenvalue weighted by Gasteiger charge is 2.16. The highest BCUT2D eigenvalue weighted by molar-refractivity contribution is 5.70. The van der Waals surface area contributed by atoms with Crippen molar-refractivity contribution in [2.24, 2.45) is 0 Å². The summed E-state index contributed by atoms with van der Waals surface area (Å²) in [6, 6.07) is 0. The zero-order valence-electron chi connectivity index (χ0n) is 39.9. The second-order valence-corrected chi connectivity index (χ2v) is 16.9. The third kappa shape index (κ3) is 49.6. The summed E-state index contributed by atoms with van der Waals surface area (Å²) < 4.78 is 10.7. The molecule has 0 aromatic heterocycles. The van der Waals surface area contributed by atoms with Gasteiger partial charge in [-0.1, -0.05) is 221 Å². The maximum absolute atomic E-state index is 12.3. The van der Waals surface area contributed by atoms with Crippen LogP contribution in [-0.2, 0) is 19.1 Å². The Morgan fingerprint density at radius 2 is 0.705 bits per heavy atom. The smallest absolute Gasteiger partial charge is 0.306 e. The van der Waals surface area contributed by atoms with Gasteiger partial charge in [0.05, 0.1) is 6.61 Å². The van der Waals surface area contributed by atoms with Crippen LogP contribution in [0.5, 0.6) is 0 Å². The number of ether oxygens (including phenoxy) is 2. The Hall–Kier alpha value is -2.92. The van der Waals surface area contributed by atoms with Gasteiger partial charge in [0.1, 0.15) is 6.61 Å². The van der Waals surface area contributed by atoms with Crippen LogP contribution in [0.4, 0.5) is 0 Å². The molecule has 5 nitrogen and oxygen atoms in total. The van der Waals surface area contributed by atoms with Crippen molar-refractivity contribution in [1.29, 1.82) is 0 Å². The molecule has 0 aromatic carbocycles. The first kappa shape index (κ1) is 58.1. The van der Waals surface area contributed by atoms with Gasteiger partial charge >= 0.3 is 11.9 Å². The van der Waals surface area contributed by atoms with Gasteiger partial charge in [-0.25, -0.2) is 0 Å². The molecule has 0 saturated heterocycles. The molecule has 0 fully saturated rings. The van der Waals surface area contributed by atoms with Crippen molar-refractivity contribution in [3.05, 3.63) is 85.1 Å². The van der Waals surface area contributed by atoms with E-state index in [-0.39, 0.29) is 25.2 Å². The van der Waals surface area contributed by atoms with E-state index in [0.29, 0.717) is 12.8 Å². The lowest BCUT2D eigenvalue weighted by Crippen LogP contribution is -2.28. The lowest BCUT2D eigenvalue weighted by molar-refractivity contribution is -0.161. The molecule has 1 N–H and O–H groups in total. The standard InChI is InChI=1S/C56H96O5/c1-3-5-7-9-11-13-15-17-19-20-21-22-23-24-25-26-27-28-29-30-31-32-33-34-35-36-37-39-41-43-45-47-49-51-56(59)61-54(52-57)53-60-55(58)50-48-46-44-42-40-38-18-16-14-12-10-8-6-4-2/h5,7,11,13,16-19,21-22,24-25,27-28,54,57H,3-4,6,8-10,12,14-15,20,23,26,29-53H2,1-2H3/b7-5-,13-11-,18-16-,19-17-,22-21-,25-24-,28-27-. The van der Waals surface area contributed by atoms with Crippen LogP contribution in [0.15, 0.2) is 85.1 Å². The second kappa shape index (κ2) is 51.4. The summed E-state index contributed by atoms with van der Waals surface area (Å²) in [5.74, 6) is -0.600. The zero-order valence-corrected chi connectivity index (χ0v) is 39.9. The normalized spacial score (nSPS) is 12.9. The SMILES string of the molecule is CC/C=C\C/C=C\C/C=C\C/C=C\C/C=C\C/C=C\CCCCCCCCCCCCCCCCC(=O)OC(CO)COC(=O)CCCCCCC/C=C\CCCCCCC. The van der Waals surface area contributed by atoms with Crippen LogP contribution in [0.2, 0.25) is 0 Å². The van der Waals surface area contributed by atoms with Crippen LogP contribution in [0, 0.1) is 0 Å².